The number of halogens is 1. The van der Waals surface area contributed by atoms with Gasteiger partial charge in [0.1, 0.15) is 11.5 Å². The van der Waals surface area contributed by atoms with Gasteiger partial charge in [-0.05, 0) is 43.2 Å². The van der Waals surface area contributed by atoms with Gasteiger partial charge in [0.05, 0.1) is 12.2 Å². The standard InChI is InChI=1S/C27H29FN2O5.Na/c1-16(2)30-22(13-12-20(31)14-21(32)15-23(33)34)24(18-8-10-19(28)11-9-18)25(26(30)27(29)35)17-6-4-3-5-7-17;/h3-13,16,20-21,31-32H,14-15H2,1-2H3,(H2,29,35)(H,33,34);/q;+1/p-1/b13-12+;/t20-,21-;/m1./s1. The first-order chi connectivity index (χ1) is 16.6. The van der Waals surface area contributed by atoms with E-state index in [0.717, 1.165) is 5.56 Å². The molecule has 0 saturated carbocycles. The molecule has 3 rings (SSSR count). The summed E-state index contributed by atoms with van der Waals surface area (Å²) in [5.41, 5.74) is 9.23. The fourth-order valence-electron chi connectivity index (χ4n) is 4.18. The Kier molecular flexibility index (Phi) is 10.6. The molecule has 3 aromatic rings. The Morgan fingerprint density at radius 2 is 1.61 bits per heavy atom. The van der Waals surface area contributed by atoms with Crippen LogP contribution in [0.3, 0.4) is 0 Å². The number of aliphatic hydroxyl groups is 2. The maximum atomic E-state index is 13.7. The molecular formula is C27H28FN2NaO5. The van der Waals surface area contributed by atoms with E-state index in [1.807, 2.05) is 44.2 Å². The van der Waals surface area contributed by atoms with Crippen molar-refractivity contribution >= 4 is 18.0 Å². The number of carbonyl (C=O) groups excluding carboxylic acids is 2. The molecule has 0 unspecified atom stereocenters. The molecule has 36 heavy (non-hydrogen) atoms. The first kappa shape index (κ1) is 29.5. The van der Waals surface area contributed by atoms with Gasteiger partial charge < -0.3 is 30.4 Å². The molecule has 184 valence electrons. The zero-order valence-electron chi connectivity index (χ0n) is 20.5. The van der Waals surface area contributed by atoms with E-state index in [9.17, 15) is 29.3 Å². The van der Waals surface area contributed by atoms with Crippen LogP contribution in [-0.4, -0.2) is 38.9 Å². The minimum atomic E-state index is -1.42. The van der Waals surface area contributed by atoms with Crippen molar-refractivity contribution in [2.75, 3.05) is 0 Å². The molecule has 1 heterocycles. The molecule has 0 radical (unpaired) electrons. The van der Waals surface area contributed by atoms with Crippen molar-refractivity contribution in [1.82, 2.24) is 4.57 Å². The van der Waals surface area contributed by atoms with Crippen molar-refractivity contribution in [3.8, 4) is 22.3 Å². The van der Waals surface area contributed by atoms with Crippen LogP contribution in [0, 0.1) is 5.82 Å². The molecule has 0 spiro atoms. The summed E-state index contributed by atoms with van der Waals surface area (Å²) in [4.78, 5) is 23.4. The second kappa shape index (κ2) is 13.0. The third-order valence-corrected chi connectivity index (χ3v) is 5.58. The van der Waals surface area contributed by atoms with Crippen LogP contribution in [0.5, 0.6) is 0 Å². The summed E-state index contributed by atoms with van der Waals surface area (Å²) in [6, 6.07) is 14.8. The van der Waals surface area contributed by atoms with Gasteiger partial charge in [-0.15, -0.1) is 0 Å². The molecule has 0 aliphatic rings. The number of aliphatic carboxylic acids is 1. The van der Waals surface area contributed by atoms with Gasteiger partial charge >= 0.3 is 29.6 Å². The number of hydrogen-bond acceptors (Lipinski definition) is 5. The van der Waals surface area contributed by atoms with E-state index < -0.39 is 36.3 Å². The van der Waals surface area contributed by atoms with Crippen LogP contribution < -0.4 is 40.4 Å². The monoisotopic (exact) mass is 502 g/mol. The Hall–Kier alpha value is -2.75. The molecule has 2 aromatic carbocycles. The second-order valence-electron chi connectivity index (χ2n) is 8.58. The summed E-state index contributed by atoms with van der Waals surface area (Å²) in [7, 11) is 0. The summed E-state index contributed by atoms with van der Waals surface area (Å²) < 4.78 is 15.5. The minimum Gasteiger partial charge on any atom is -0.550 e. The smallest absolute Gasteiger partial charge is 0.550 e. The first-order valence-corrected chi connectivity index (χ1v) is 11.2. The van der Waals surface area contributed by atoms with Gasteiger partial charge in [0.15, 0.2) is 0 Å². The molecule has 1 aromatic heterocycles. The van der Waals surface area contributed by atoms with Gasteiger partial charge in [0, 0.05) is 41.7 Å². The van der Waals surface area contributed by atoms with Crippen LogP contribution in [-0.2, 0) is 4.79 Å². The number of carboxylic acid groups (broad SMARTS) is 1. The normalized spacial score (nSPS) is 12.9. The number of amides is 1. The van der Waals surface area contributed by atoms with E-state index in [2.05, 4.69) is 0 Å². The molecule has 7 nitrogen and oxygen atoms in total. The van der Waals surface area contributed by atoms with Crippen molar-refractivity contribution in [3.63, 3.8) is 0 Å². The number of benzene rings is 2. The molecule has 1 amide bonds. The number of nitrogens with zero attached hydrogens (tertiary/aromatic N) is 1. The Morgan fingerprint density at radius 1 is 1.03 bits per heavy atom. The summed E-state index contributed by atoms with van der Waals surface area (Å²) in [5, 5.41) is 31.0. The predicted octanol–water partition coefficient (Wildman–Crippen LogP) is -0.0899. The number of nitrogens with two attached hydrogens (primary N) is 1. The van der Waals surface area contributed by atoms with Gasteiger partial charge in [-0.3, -0.25) is 4.79 Å². The molecule has 0 bridgehead atoms. The third kappa shape index (κ3) is 6.93. The predicted molar refractivity (Wildman–Crippen MR) is 129 cm³/mol. The van der Waals surface area contributed by atoms with E-state index in [0.29, 0.717) is 22.4 Å². The fourth-order valence-corrected chi connectivity index (χ4v) is 4.18. The Morgan fingerprint density at radius 3 is 2.14 bits per heavy atom. The van der Waals surface area contributed by atoms with Crippen molar-refractivity contribution in [1.29, 1.82) is 0 Å². The number of rotatable bonds is 10. The van der Waals surface area contributed by atoms with Crippen molar-refractivity contribution in [2.45, 2.75) is 44.9 Å². The van der Waals surface area contributed by atoms with Crippen molar-refractivity contribution in [2.24, 2.45) is 5.73 Å². The van der Waals surface area contributed by atoms with E-state index >= 15 is 0 Å². The molecule has 2 atom stereocenters. The molecule has 0 fully saturated rings. The second-order valence-corrected chi connectivity index (χ2v) is 8.58. The Bertz CT molecular complexity index is 1220. The van der Waals surface area contributed by atoms with E-state index in [-0.39, 0.29) is 47.7 Å². The molecular weight excluding hydrogens is 474 g/mol. The molecule has 0 aliphatic carbocycles. The van der Waals surface area contributed by atoms with Crippen LogP contribution in [0.25, 0.3) is 28.3 Å². The summed E-state index contributed by atoms with van der Waals surface area (Å²) in [6.07, 6.45) is -0.245. The topological polar surface area (TPSA) is 129 Å². The minimum absolute atomic E-state index is 0. The maximum Gasteiger partial charge on any atom is 1.00 e. The zero-order valence-corrected chi connectivity index (χ0v) is 22.5. The number of carbonyl (C=O) groups is 2. The van der Waals surface area contributed by atoms with Gasteiger partial charge in [-0.25, -0.2) is 4.39 Å². The quantitative estimate of drug-likeness (QED) is 0.334. The van der Waals surface area contributed by atoms with Crippen molar-refractivity contribution in [3.05, 3.63) is 77.9 Å². The molecule has 0 aliphatic heterocycles. The average molecular weight is 503 g/mol. The number of carboxylic acids is 1. The largest absolute Gasteiger partial charge is 1.00 e. The van der Waals surface area contributed by atoms with Crippen LogP contribution in [0.2, 0.25) is 0 Å². The van der Waals surface area contributed by atoms with Crippen LogP contribution in [0.1, 0.15) is 48.9 Å². The van der Waals surface area contributed by atoms with Crippen LogP contribution >= 0.6 is 0 Å². The summed E-state index contributed by atoms with van der Waals surface area (Å²) >= 11 is 0. The van der Waals surface area contributed by atoms with Gasteiger partial charge in [0.2, 0.25) is 0 Å². The number of aromatic nitrogens is 1. The Balaban J connectivity index is 0.00000456. The zero-order chi connectivity index (χ0) is 25.7. The SMILES string of the molecule is CC(C)n1c(/C=C/[C@@H](O)C[C@@H](O)CC(=O)[O-])c(-c2ccc(F)cc2)c(-c2ccccc2)c1C(N)=O.[Na+]. The van der Waals surface area contributed by atoms with Crippen LogP contribution in [0.15, 0.2) is 60.7 Å². The Labute approximate surface area is 231 Å². The number of aliphatic hydroxyl groups excluding tert-OH is 2. The third-order valence-electron chi connectivity index (χ3n) is 5.58. The van der Waals surface area contributed by atoms with Crippen LogP contribution in [0.4, 0.5) is 4.39 Å². The maximum absolute atomic E-state index is 13.7. The first-order valence-electron chi connectivity index (χ1n) is 11.2. The van der Waals surface area contributed by atoms with E-state index in [1.165, 1.54) is 18.2 Å². The summed E-state index contributed by atoms with van der Waals surface area (Å²) in [5.74, 6) is -2.48. The molecule has 0 saturated heterocycles. The number of primary amides is 1. The van der Waals surface area contributed by atoms with E-state index in [4.69, 9.17) is 5.73 Å². The molecule has 9 heteroatoms. The van der Waals surface area contributed by atoms with Gasteiger partial charge in [0.25, 0.3) is 5.91 Å². The number of hydrogen-bond donors (Lipinski definition) is 3. The van der Waals surface area contributed by atoms with E-state index in [1.54, 1.807) is 22.8 Å². The van der Waals surface area contributed by atoms with Gasteiger partial charge in [-0.2, -0.15) is 0 Å². The average Bonchev–Trinajstić information content (AvgIpc) is 3.14. The summed E-state index contributed by atoms with van der Waals surface area (Å²) in [6.45, 7) is 3.76. The van der Waals surface area contributed by atoms with Gasteiger partial charge in [-0.1, -0.05) is 48.5 Å². The molecule has 4 N–H and O–H groups in total. The fraction of sp³-hybridized carbons (Fsp3) is 0.259. The van der Waals surface area contributed by atoms with Crippen molar-refractivity contribution < 1.29 is 58.9 Å².